The number of nitrogens with zero attached hydrogens (tertiary/aromatic N) is 1. The maximum atomic E-state index is 11.3. The van der Waals surface area contributed by atoms with Gasteiger partial charge >= 0.3 is 0 Å². The highest BCUT2D eigenvalue weighted by Crippen LogP contribution is 2.38. The fourth-order valence-electron chi connectivity index (χ4n) is 3.33. The molecule has 3 rings (SSSR count). The van der Waals surface area contributed by atoms with Crippen molar-refractivity contribution in [2.24, 2.45) is 5.73 Å². The number of rotatable bonds is 5. The van der Waals surface area contributed by atoms with Gasteiger partial charge in [-0.3, -0.25) is 4.79 Å². The van der Waals surface area contributed by atoms with Crippen molar-refractivity contribution in [3.63, 3.8) is 0 Å². The molecule has 0 aliphatic carbocycles. The van der Waals surface area contributed by atoms with Gasteiger partial charge in [0.15, 0.2) is 0 Å². The molecular weight excluding hydrogens is 364 g/mol. The lowest BCUT2D eigenvalue weighted by atomic mass is 9.79. The largest absolute Gasteiger partial charge is 0.366 e. The highest BCUT2D eigenvalue weighted by atomic mass is 32.1. The van der Waals surface area contributed by atoms with Crippen LogP contribution in [-0.2, 0) is 5.41 Å². The summed E-state index contributed by atoms with van der Waals surface area (Å²) in [6, 6.07) is 14.1. The Bertz CT molecular complexity index is 981. The molecule has 28 heavy (non-hydrogen) atoms. The van der Waals surface area contributed by atoms with Crippen LogP contribution in [0.4, 0.5) is 0 Å². The molecule has 0 aliphatic heterocycles. The molecule has 2 aromatic carbocycles. The molecular formula is C24H28N2OS. The molecule has 1 heterocycles. The molecule has 3 aromatic rings. The zero-order valence-electron chi connectivity index (χ0n) is 17.2. The normalized spacial score (nSPS) is 12.8. The number of carbonyl (C=O) groups is 1. The lowest BCUT2D eigenvalue weighted by Gasteiger charge is -2.26. The van der Waals surface area contributed by atoms with Crippen molar-refractivity contribution >= 4 is 17.2 Å². The minimum atomic E-state index is -0.414. The fourth-order valence-corrected chi connectivity index (χ4v) is 4.24. The first-order valence-electron chi connectivity index (χ1n) is 9.71. The van der Waals surface area contributed by atoms with Crippen LogP contribution < -0.4 is 5.73 Å². The highest BCUT2D eigenvalue weighted by molar-refractivity contribution is 7.18. The Kier molecular flexibility index (Phi) is 5.71. The molecule has 0 saturated heterocycles. The van der Waals surface area contributed by atoms with Gasteiger partial charge in [-0.1, -0.05) is 58.9 Å². The van der Waals surface area contributed by atoms with Crippen LogP contribution in [-0.4, -0.2) is 10.9 Å². The Morgan fingerprint density at radius 2 is 1.75 bits per heavy atom. The third-order valence-corrected chi connectivity index (χ3v) is 6.31. The zero-order valence-corrected chi connectivity index (χ0v) is 18.1. The van der Waals surface area contributed by atoms with Gasteiger partial charge in [0.25, 0.3) is 0 Å². The van der Waals surface area contributed by atoms with Gasteiger partial charge in [0.2, 0.25) is 5.91 Å². The van der Waals surface area contributed by atoms with Crippen LogP contribution in [0.3, 0.4) is 0 Å². The van der Waals surface area contributed by atoms with E-state index < -0.39 is 5.91 Å². The molecule has 0 spiro atoms. The van der Waals surface area contributed by atoms with Crippen LogP contribution >= 0.6 is 11.3 Å². The summed E-state index contributed by atoms with van der Waals surface area (Å²) in [5.74, 6) is 0.131. The molecule has 2 N–H and O–H groups in total. The summed E-state index contributed by atoms with van der Waals surface area (Å²) in [5.41, 5.74) is 11.0. The van der Waals surface area contributed by atoms with Gasteiger partial charge in [0.05, 0.1) is 4.88 Å². The molecule has 0 saturated carbocycles. The molecule has 1 aromatic heterocycles. The number of hydrogen-bond donors (Lipinski definition) is 1. The van der Waals surface area contributed by atoms with Gasteiger partial charge in [-0.15, -0.1) is 11.3 Å². The summed E-state index contributed by atoms with van der Waals surface area (Å²) in [6.07, 6.45) is 3.07. The van der Waals surface area contributed by atoms with E-state index in [1.807, 2.05) is 18.3 Å². The molecule has 0 aliphatic rings. The van der Waals surface area contributed by atoms with E-state index in [9.17, 15) is 4.79 Å². The van der Waals surface area contributed by atoms with Gasteiger partial charge in [-0.05, 0) is 52.6 Å². The van der Waals surface area contributed by atoms with E-state index in [1.54, 1.807) is 23.5 Å². The monoisotopic (exact) mass is 392 g/mol. The molecule has 146 valence electrons. The second-order valence-electron chi connectivity index (χ2n) is 8.33. The first kappa shape index (κ1) is 20.3. The Morgan fingerprint density at radius 1 is 1.11 bits per heavy atom. The second-order valence-corrected chi connectivity index (χ2v) is 9.36. The Balaban J connectivity index is 1.97. The summed E-state index contributed by atoms with van der Waals surface area (Å²) < 4.78 is 0. The number of primary amides is 1. The number of nitrogens with two attached hydrogens (primary N) is 1. The fraction of sp³-hybridized carbons (Fsp3) is 0.333. The van der Waals surface area contributed by atoms with Gasteiger partial charge in [-0.25, -0.2) is 4.98 Å². The maximum Gasteiger partial charge on any atom is 0.248 e. The number of amides is 1. The molecule has 1 atom stereocenters. The molecule has 0 bridgehead atoms. The molecule has 0 radical (unpaired) electrons. The lowest BCUT2D eigenvalue weighted by molar-refractivity contribution is 0.100. The third kappa shape index (κ3) is 4.17. The van der Waals surface area contributed by atoms with Crippen LogP contribution in [0.5, 0.6) is 0 Å². The summed E-state index contributed by atoms with van der Waals surface area (Å²) >= 11 is 1.67. The average molecular weight is 393 g/mol. The first-order chi connectivity index (χ1) is 13.2. The number of benzene rings is 2. The summed E-state index contributed by atoms with van der Waals surface area (Å²) in [4.78, 5) is 17.0. The van der Waals surface area contributed by atoms with Gasteiger partial charge in [0.1, 0.15) is 5.01 Å². The predicted octanol–water partition coefficient (Wildman–Crippen LogP) is 6.39. The lowest BCUT2D eigenvalue weighted by Crippen LogP contribution is -2.15. The number of aromatic nitrogens is 1. The van der Waals surface area contributed by atoms with Crippen molar-refractivity contribution in [3.05, 3.63) is 65.4 Å². The van der Waals surface area contributed by atoms with Gasteiger partial charge < -0.3 is 5.73 Å². The average Bonchev–Trinajstić information content (AvgIpc) is 3.16. The number of hydrogen-bond acceptors (Lipinski definition) is 3. The zero-order chi connectivity index (χ0) is 20.5. The Hall–Kier alpha value is -2.46. The van der Waals surface area contributed by atoms with Crippen LogP contribution in [0.2, 0.25) is 0 Å². The van der Waals surface area contributed by atoms with Crippen LogP contribution in [0.1, 0.15) is 68.4 Å². The third-order valence-electron chi connectivity index (χ3n) is 5.21. The van der Waals surface area contributed by atoms with E-state index in [1.165, 1.54) is 16.7 Å². The van der Waals surface area contributed by atoms with Crippen LogP contribution in [0.15, 0.2) is 48.7 Å². The Labute approximate surface area is 171 Å². The van der Waals surface area contributed by atoms with Crippen molar-refractivity contribution in [1.82, 2.24) is 4.98 Å². The smallest absolute Gasteiger partial charge is 0.248 e. The summed E-state index contributed by atoms with van der Waals surface area (Å²) in [7, 11) is 0. The van der Waals surface area contributed by atoms with Crippen molar-refractivity contribution in [3.8, 4) is 21.0 Å². The highest BCUT2D eigenvalue weighted by Gasteiger charge is 2.21. The van der Waals surface area contributed by atoms with Crippen molar-refractivity contribution in [2.45, 2.75) is 52.4 Å². The predicted molar refractivity (Wildman–Crippen MR) is 119 cm³/mol. The minimum Gasteiger partial charge on any atom is -0.366 e. The quantitative estimate of drug-likeness (QED) is 0.547. The van der Waals surface area contributed by atoms with E-state index in [0.717, 1.165) is 21.9 Å². The van der Waals surface area contributed by atoms with Crippen LogP contribution in [0.25, 0.3) is 21.0 Å². The summed E-state index contributed by atoms with van der Waals surface area (Å²) in [5, 5.41) is 0.939. The van der Waals surface area contributed by atoms with Crippen molar-refractivity contribution in [1.29, 1.82) is 0 Å². The van der Waals surface area contributed by atoms with Crippen molar-refractivity contribution < 1.29 is 4.79 Å². The molecule has 0 fully saturated rings. The topological polar surface area (TPSA) is 56.0 Å². The standard InChI is InChI=1S/C24H28N2OS/c1-6-15(2)19-12-11-18(13-20(19)24(3,4)5)21-14-26-23(28-21)17-9-7-16(8-10-17)22(25)27/h7-15H,6H2,1-5H3,(H2,25,27). The molecule has 1 amide bonds. The second kappa shape index (κ2) is 7.88. The van der Waals surface area contributed by atoms with E-state index in [0.29, 0.717) is 11.5 Å². The molecule has 3 nitrogen and oxygen atoms in total. The van der Waals surface area contributed by atoms with E-state index in [4.69, 9.17) is 5.73 Å². The molecule has 4 heteroatoms. The van der Waals surface area contributed by atoms with Crippen molar-refractivity contribution in [2.75, 3.05) is 0 Å². The van der Waals surface area contributed by atoms with E-state index in [-0.39, 0.29) is 5.41 Å². The number of thiazole rings is 1. The van der Waals surface area contributed by atoms with E-state index >= 15 is 0 Å². The first-order valence-corrected chi connectivity index (χ1v) is 10.5. The maximum absolute atomic E-state index is 11.3. The van der Waals surface area contributed by atoms with Gasteiger partial charge in [-0.2, -0.15) is 0 Å². The number of carbonyl (C=O) groups excluding carboxylic acids is 1. The minimum absolute atomic E-state index is 0.0902. The van der Waals surface area contributed by atoms with Crippen LogP contribution in [0, 0.1) is 0 Å². The summed E-state index contributed by atoms with van der Waals surface area (Å²) in [6.45, 7) is 11.4. The molecule has 1 unspecified atom stereocenters. The Morgan fingerprint density at radius 3 is 2.32 bits per heavy atom. The van der Waals surface area contributed by atoms with Gasteiger partial charge in [0, 0.05) is 17.3 Å². The SMILES string of the molecule is CCC(C)c1ccc(-c2cnc(-c3ccc(C(N)=O)cc3)s2)cc1C(C)(C)C. The van der Waals surface area contributed by atoms with E-state index in [2.05, 4.69) is 57.8 Å².